The Morgan fingerprint density at radius 1 is 0.967 bits per heavy atom. The van der Waals surface area contributed by atoms with Crippen LogP contribution >= 0.6 is 0 Å². The van der Waals surface area contributed by atoms with Gasteiger partial charge in [-0.15, -0.1) is 0 Å². The van der Waals surface area contributed by atoms with Crippen LogP contribution in [0.5, 0.6) is 11.5 Å². The van der Waals surface area contributed by atoms with Gasteiger partial charge >= 0.3 is 6.18 Å². The van der Waals surface area contributed by atoms with Crippen LogP contribution in [0, 0.1) is 0 Å². The number of carbonyl (C=O) groups is 1. The zero-order valence-corrected chi connectivity index (χ0v) is 17.0. The van der Waals surface area contributed by atoms with Crippen molar-refractivity contribution in [3.8, 4) is 11.5 Å². The number of ether oxygens (including phenoxy) is 1. The number of carbonyl (C=O) groups excluding carboxylic acids is 1. The average molecular weight is 442 g/mol. The van der Waals surface area contributed by atoms with E-state index in [9.17, 15) is 26.4 Å². The maximum atomic E-state index is 12.9. The van der Waals surface area contributed by atoms with Gasteiger partial charge in [-0.3, -0.25) is 4.79 Å². The SMILES string of the molecule is CS(=O)(=O)N1CCCN(C(=O)c2cccc(Oc3cccc(C(F)(F)F)c3)c2)CC1. The van der Waals surface area contributed by atoms with Crippen LogP contribution in [0.2, 0.25) is 0 Å². The summed E-state index contributed by atoms with van der Waals surface area (Å²) in [7, 11) is -3.32. The molecule has 6 nitrogen and oxygen atoms in total. The fourth-order valence-corrected chi connectivity index (χ4v) is 4.05. The molecule has 0 saturated carbocycles. The van der Waals surface area contributed by atoms with Crippen molar-refractivity contribution >= 4 is 15.9 Å². The molecule has 0 spiro atoms. The summed E-state index contributed by atoms with van der Waals surface area (Å²) in [6.45, 7) is 1.22. The smallest absolute Gasteiger partial charge is 0.416 e. The molecule has 0 atom stereocenters. The highest BCUT2D eigenvalue weighted by Crippen LogP contribution is 2.32. The van der Waals surface area contributed by atoms with E-state index < -0.39 is 21.8 Å². The van der Waals surface area contributed by atoms with E-state index in [1.54, 1.807) is 23.1 Å². The maximum absolute atomic E-state index is 12.9. The van der Waals surface area contributed by atoms with Gasteiger partial charge in [-0.05, 0) is 42.8 Å². The molecule has 0 radical (unpaired) electrons. The molecule has 2 aromatic carbocycles. The molecule has 2 aromatic rings. The van der Waals surface area contributed by atoms with Crippen LogP contribution in [-0.4, -0.2) is 56.0 Å². The minimum atomic E-state index is -4.48. The van der Waals surface area contributed by atoms with Crippen LogP contribution in [0.3, 0.4) is 0 Å². The van der Waals surface area contributed by atoms with E-state index in [4.69, 9.17) is 4.74 Å². The van der Waals surface area contributed by atoms with Crippen molar-refractivity contribution in [1.82, 2.24) is 9.21 Å². The highest BCUT2D eigenvalue weighted by Gasteiger charge is 2.30. The Kier molecular flexibility index (Phi) is 6.37. The lowest BCUT2D eigenvalue weighted by Gasteiger charge is -2.21. The standard InChI is InChI=1S/C20H21F3N2O4S/c1-30(27,28)25-10-4-9-24(11-12-25)19(26)15-5-2-7-17(13-15)29-18-8-3-6-16(14-18)20(21,22)23/h2-3,5-8,13-14H,4,9-12H2,1H3. The van der Waals surface area contributed by atoms with E-state index >= 15 is 0 Å². The normalized spacial score (nSPS) is 16.2. The van der Waals surface area contributed by atoms with Gasteiger partial charge in [0.15, 0.2) is 0 Å². The monoisotopic (exact) mass is 442 g/mol. The molecule has 1 saturated heterocycles. The summed E-state index contributed by atoms with van der Waals surface area (Å²) in [5.74, 6) is -0.0550. The molecule has 0 unspecified atom stereocenters. The zero-order valence-electron chi connectivity index (χ0n) is 16.2. The summed E-state index contributed by atoms with van der Waals surface area (Å²) in [6.07, 6.45) is -2.83. The predicted octanol–water partition coefficient (Wildman–Crippen LogP) is 3.61. The van der Waals surface area contributed by atoms with Crippen LogP contribution < -0.4 is 4.74 Å². The van der Waals surface area contributed by atoms with Crippen LogP contribution in [-0.2, 0) is 16.2 Å². The number of halogens is 3. The Morgan fingerprint density at radius 2 is 1.63 bits per heavy atom. The highest BCUT2D eigenvalue weighted by atomic mass is 32.2. The summed E-state index contributed by atoms with van der Waals surface area (Å²) >= 11 is 0. The number of hydrogen-bond acceptors (Lipinski definition) is 4. The van der Waals surface area contributed by atoms with E-state index in [1.165, 1.54) is 22.5 Å². The molecule has 1 amide bonds. The average Bonchev–Trinajstić information content (AvgIpc) is 2.93. The zero-order chi connectivity index (χ0) is 21.9. The molecule has 162 valence electrons. The number of benzene rings is 2. The van der Waals surface area contributed by atoms with Crippen molar-refractivity contribution in [1.29, 1.82) is 0 Å². The number of nitrogens with zero attached hydrogens (tertiary/aromatic N) is 2. The van der Waals surface area contributed by atoms with Gasteiger partial charge in [0, 0.05) is 31.7 Å². The Labute approximate surface area is 172 Å². The van der Waals surface area contributed by atoms with Crippen LogP contribution in [0.25, 0.3) is 0 Å². The van der Waals surface area contributed by atoms with Crippen LogP contribution in [0.1, 0.15) is 22.3 Å². The molecule has 1 heterocycles. The van der Waals surface area contributed by atoms with E-state index in [-0.39, 0.29) is 30.5 Å². The highest BCUT2D eigenvalue weighted by molar-refractivity contribution is 7.88. The van der Waals surface area contributed by atoms with Gasteiger partial charge in [0.25, 0.3) is 5.91 Å². The second-order valence-corrected chi connectivity index (χ2v) is 8.95. The molecule has 1 aliphatic heterocycles. The number of rotatable bonds is 4. The van der Waals surface area contributed by atoms with Gasteiger partial charge in [0.2, 0.25) is 10.0 Å². The first-order valence-corrected chi connectivity index (χ1v) is 11.1. The number of amides is 1. The van der Waals surface area contributed by atoms with E-state index in [0.29, 0.717) is 25.1 Å². The molecular formula is C20H21F3N2O4S. The van der Waals surface area contributed by atoms with Gasteiger partial charge in [-0.1, -0.05) is 12.1 Å². The molecule has 0 aliphatic carbocycles. The molecular weight excluding hydrogens is 421 g/mol. The summed E-state index contributed by atoms with van der Waals surface area (Å²) in [5, 5.41) is 0. The molecule has 0 bridgehead atoms. The summed E-state index contributed by atoms with van der Waals surface area (Å²) in [6, 6.07) is 10.7. The van der Waals surface area contributed by atoms with Crippen molar-refractivity contribution in [3.63, 3.8) is 0 Å². The third kappa shape index (κ3) is 5.51. The Balaban J connectivity index is 1.73. The Hall–Kier alpha value is -2.59. The van der Waals surface area contributed by atoms with E-state index in [2.05, 4.69) is 0 Å². The predicted molar refractivity (Wildman–Crippen MR) is 105 cm³/mol. The lowest BCUT2D eigenvalue weighted by atomic mass is 10.1. The molecule has 1 aliphatic rings. The third-order valence-electron chi connectivity index (χ3n) is 4.69. The van der Waals surface area contributed by atoms with Gasteiger partial charge in [0.1, 0.15) is 11.5 Å². The Bertz CT molecular complexity index is 1020. The molecule has 0 aromatic heterocycles. The van der Waals surface area contributed by atoms with Crippen LogP contribution in [0.15, 0.2) is 48.5 Å². The van der Waals surface area contributed by atoms with E-state index in [1.807, 2.05) is 0 Å². The van der Waals surface area contributed by atoms with Crippen LogP contribution in [0.4, 0.5) is 13.2 Å². The number of alkyl halides is 3. The van der Waals surface area contributed by atoms with Crippen molar-refractivity contribution in [3.05, 3.63) is 59.7 Å². The molecule has 0 N–H and O–H groups in total. The molecule has 1 fully saturated rings. The fraction of sp³-hybridized carbons (Fsp3) is 0.350. The lowest BCUT2D eigenvalue weighted by molar-refractivity contribution is -0.137. The second kappa shape index (κ2) is 8.65. The topological polar surface area (TPSA) is 66.9 Å². The minimum Gasteiger partial charge on any atom is -0.457 e. The van der Waals surface area contributed by atoms with Crippen molar-refractivity contribution in [2.24, 2.45) is 0 Å². The first kappa shape index (κ1) is 22.1. The fourth-order valence-electron chi connectivity index (χ4n) is 3.18. The summed E-state index contributed by atoms with van der Waals surface area (Å²) in [4.78, 5) is 14.4. The van der Waals surface area contributed by atoms with Crippen molar-refractivity contribution < 1.29 is 31.1 Å². The van der Waals surface area contributed by atoms with Gasteiger partial charge in [-0.25, -0.2) is 12.7 Å². The minimum absolute atomic E-state index is 0.00740. The quantitative estimate of drug-likeness (QED) is 0.726. The Morgan fingerprint density at radius 3 is 2.30 bits per heavy atom. The first-order valence-electron chi connectivity index (χ1n) is 9.23. The second-order valence-electron chi connectivity index (χ2n) is 6.96. The van der Waals surface area contributed by atoms with Gasteiger partial charge < -0.3 is 9.64 Å². The molecule has 10 heteroatoms. The van der Waals surface area contributed by atoms with Crippen molar-refractivity contribution in [2.45, 2.75) is 12.6 Å². The largest absolute Gasteiger partial charge is 0.457 e. The lowest BCUT2D eigenvalue weighted by Crippen LogP contribution is -2.36. The third-order valence-corrected chi connectivity index (χ3v) is 5.99. The first-order chi connectivity index (χ1) is 14.0. The number of sulfonamides is 1. The summed E-state index contributed by atoms with van der Waals surface area (Å²) in [5.41, 5.74) is -0.514. The van der Waals surface area contributed by atoms with Crippen molar-refractivity contribution in [2.75, 3.05) is 32.4 Å². The van der Waals surface area contributed by atoms with Gasteiger partial charge in [0.05, 0.1) is 11.8 Å². The molecule has 30 heavy (non-hydrogen) atoms. The summed E-state index contributed by atoms with van der Waals surface area (Å²) < 4.78 is 68.9. The van der Waals surface area contributed by atoms with Gasteiger partial charge in [-0.2, -0.15) is 13.2 Å². The number of hydrogen-bond donors (Lipinski definition) is 0. The maximum Gasteiger partial charge on any atom is 0.416 e. The molecule has 3 rings (SSSR count). The van der Waals surface area contributed by atoms with E-state index in [0.717, 1.165) is 18.4 Å².